The molecule has 79 valence electrons. The van der Waals surface area contributed by atoms with E-state index in [1.54, 1.807) is 6.07 Å². The minimum atomic E-state index is 0. The predicted molar refractivity (Wildman–Crippen MR) is 60.0 cm³/mol. The summed E-state index contributed by atoms with van der Waals surface area (Å²) in [5, 5.41) is 9.28. The van der Waals surface area contributed by atoms with Crippen molar-refractivity contribution in [2.24, 2.45) is 0 Å². The van der Waals surface area contributed by atoms with E-state index in [-0.39, 0.29) is 40.1 Å². The Kier molecular flexibility index (Phi) is 15.7. The van der Waals surface area contributed by atoms with Crippen molar-refractivity contribution >= 4 is 0 Å². The molecule has 0 spiro atoms. The van der Waals surface area contributed by atoms with Gasteiger partial charge in [0.1, 0.15) is 5.75 Å². The molecule has 1 rings (SSSR count). The minimum Gasteiger partial charge on any atom is -0.508 e. The summed E-state index contributed by atoms with van der Waals surface area (Å²) in [6, 6.07) is 7.44. The molecule has 0 aromatic heterocycles. The van der Waals surface area contributed by atoms with E-state index in [4.69, 9.17) is 0 Å². The third-order valence-corrected chi connectivity index (χ3v) is 1.56. The maximum atomic E-state index is 9.28. The molecule has 14 heavy (non-hydrogen) atoms. The van der Waals surface area contributed by atoms with E-state index in [1.807, 2.05) is 32.0 Å². The second-order valence-corrected chi connectivity index (χ2v) is 2.71. The molecule has 0 amide bonds. The molecule has 0 bridgehead atoms. The van der Waals surface area contributed by atoms with E-state index in [9.17, 15) is 5.11 Å². The summed E-state index contributed by atoms with van der Waals surface area (Å²) in [7, 11) is 0. The predicted octanol–water partition coefficient (Wildman–Crippen LogP) is 3.99. The number of benzene rings is 1. The van der Waals surface area contributed by atoms with Crippen molar-refractivity contribution < 1.29 is 37.8 Å². The summed E-state index contributed by atoms with van der Waals surface area (Å²) >= 11 is 0. The molecule has 0 aliphatic rings. The standard InChI is InChI=1S/C9H12O.C2H6.CH3.Y/c1-7(2)8-5-3-4-6-9(8)10;1-2;;/h3-7,10H,1-2H3;1-2H3;1H3;/q;;-1;. The molecule has 1 N–H and O–H groups in total. The molecule has 0 saturated carbocycles. The molecule has 0 saturated heterocycles. The van der Waals surface area contributed by atoms with Crippen LogP contribution in [-0.4, -0.2) is 5.11 Å². The van der Waals surface area contributed by atoms with E-state index in [0.29, 0.717) is 11.7 Å². The maximum absolute atomic E-state index is 9.28. The summed E-state index contributed by atoms with van der Waals surface area (Å²) in [5.74, 6) is 0.804. The Labute approximate surface area is 114 Å². The van der Waals surface area contributed by atoms with Crippen molar-refractivity contribution in [2.45, 2.75) is 33.6 Å². The number of aromatic hydroxyl groups is 1. The van der Waals surface area contributed by atoms with Crippen molar-refractivity contribution in [1.82, 2.24) is 0 Å². The Hall–Kier alpha value is 0.124. The molecular weight excluding hydrogens is 249 g/mol. The normalized spacial score (nSPS) is 7.79. The van der Waals surface area contributed by atoms with Crippen molar-refractivity contribution in [1.29, 1.82) is 0 Å². The third-order valence-electron chi connectivity index (χ3n) is 1.56. The van der Waals surface area contributed by atoms with E-state index in [2.05, 4.69) is 13.8 Å². The number of para-hydroxylation sites is 1. The van der Waals surface area contributed by atoms with Crippen LogP contribution in [0.3, 0.4) is 0 Å². The van der Waals surface area contributed by atoms with Gasteiger partial charge in [-0.05, 0) is 17.5 Å². The average molecular weight is 270 g/mol. The van der Waals surface area contributed by atoms with Gasteiger partial charge < -0.3 is 12.5 Å². The molecule has 0 atom stereocenters. The monoisotopic (exact) mass is 270 g/mol. The van der Waals surface area contributed by atoms with Crippen molar-refractivity contribution in [2.75, 3.05) is 0 Å². The van der Waals surface area contributed by atoms with E-state index >= 15 is 0 Å². The number of hydrogen-bond donors (Lipinski definition) is 1. The molecule has 1 radical (unpaired) electrons. The Balaban J connectivity index is -0.000000284. The molecular formula is C12H21OY-. The number of phenolic OH excluding ortho intramolecular Hbond substituents is 1. The second kappa shape index (κ2) is 11.2. The van der Waals surface area contributed by atoms with Gasteiger partial charge in [-0.1, -0.05) is 45.9 Å². The van der Waals surface area contributed by atoms with Crippen LogP contribution in [0.1, 0.15) is 39.2 Å². The van der Waals surface area contributed by atoms with Crippen LogP contribution in [0.2, 0.25) is 0 Å². The smallest absolute Gasteiger partial charge is 0.119 e. The van der Waals surface area contributed by atoms with Crippen molar-refractivity contribution in [3.8, 4) is 5.75 Å². The Morgan fingerprint density at radius 3 is 1.79 bits per heavy atom. The summed E-state index contributed by atoms with van der Waals surface area (Å²) in [6.45, 7) is 8.13. The SMILES string of the molecule is CC.CC(C)c1ccccc1O.[CH3-].[Y]. The molecule has 1 aromatic rings. The summed E-state index contributed by atoms with van der Waals surface area (Å²) < 4.78 is 0. The first-order valence-corrected chi connectivity index (χ1v) is 4.49. The zero-order chi connectivity index (χ0) is 9.56. The van der Waals surface area contributed by atoms with Gasteiger partial charge in [0.25, 0.3) is 0 Å². The maximum Gasteiger partial charge on any atom is 0.119 e. The Morgan fingerprint density at radius 1 is 1.07 bits per heavy atom. The van der Waals surface area contributed by atoms with Crippen LogP contribution < -0.4 is 0 Å². The minimum absolute atomic E-state index is 0. The molecule has 0 unspecified atom stereocenters. The van der Waals surface area contributed by atoms with Gasteiger partial charge in [0.2, 0.25) is 0 Å². The topological polar surface area (TPSA) is 20.2 Å². The van der Waals surface area contributed by atoms with Gasteiger partial charge in [0, 0.05) is 32.7 Å². The quantitative estimate of drug-likeness (QED) is 0.765. The van der Waals surface area contributed by atoms with E-state index in [0.717, 1.165) is 5.56 Å². The fraction of sp³-hybridized carbons (Fsp3) is 0.417. The molecule has 0 fully saturated rings. The first-order valence-electron chi connectivity index (χ1n) is 4.49. The summed E-state index contributed by atoms with van der Waals surface area (Å²) in [6.07, 6.45) is 0. The fourth-order valence-corrected chi connectivity index (χ4v) is 0.976. The van der Waals surface area contributed by atoms with E-state index < -0.39 is 0 Å². The van der Waals surface area contributed by atoms with Gasteiger partial charge in [0.05, 0.1) is 0 Å². The van der Waals surface area contributed by atoms with Crippen LogP contribution >= 0.6 is 0 Å². The van der Waals surface area contributed by atoms with Gasteiger partial charge in [-0.2, -0.15) is 0 Å². The van der Waals surface area contributed by atoms with Gasteiger partial charge >= 0.3 is 0 Å². The van der Waals surface area contributed by atoms with Crippen LogP contribution in [0.25, 0.3) is 0 Å². The average Bonchev–Trinajstić information content (AvgIpc) is 2.08. The van der Waals surface area contributed by atoms with Crippen LogP contribution in [0.4, 0.5) is 0 Å². The third kappa shape index (κ3) is 6.56. The fourth-order valence-electron chi connectivity index (χ4n) is 0.976. The van der Waals surface area contributed by atoms with Crippen LogP contribution in [-0.2, 0) is 32.7 Å². The van der Waals surface area contributed by atoms with Gasteiger partial charge in [0.15, 0.2) is 0 Å². The first kappa shape index (κ1) is 19.7. The zero-order valence-corrected chi connectivity index (χ0v) is 12.7. The largest absolute Gasteiger partial charge is 0.508 e. The van der Waals surface area contributed by atoms with Crippen LogP contribution in [0.15, 0.2) is 24.3 Å². The molecule has 1 nitrogen and oxygen atoms in total. The number of hydrogen-bond acceptors (Lipinski definition) is 1. The molecule has 2 heteroatoms. The summed E-state index contributed by atoms with van der Waals surface area (Å²) in [5.41, 5.74) is 1.02. The van der Waals surface area contributed by atoms with Gasteiger partial charge in [-0.25, -0.2) is 0 Å². The Bertz CT molecular complexity index is 221. The Morgan fingerprint density at radius 2 is 1.50 bits per heavy atom. The summed E-state index contributed by atoms with van der Waals surface area (Å²) in [4.78, 5) is 0. The van der Waals surface area contributed by atoms with Crippen molar-refractivity contribution in [3.05, 3.63) is 37.3 Å². The molecule has 0 aliphatic heterocycles. The number of rotatable bonds is 1. The molecule has 1 aromatic carbocycles. The second-order valence-electron chi connectivity index (χ2n) is 2.71. The number of phenols is 1. The zero-order valence-electron chi connectivity index (χ0n) is 9.91. The first-order chi connectivity index (χ1) is 5.72. The van der Waals surface area contributed by atoms with Crippen LogP contribution in [0.5, 0.6) is 5.75 Å². The van der Waals surface area contributed by atoms with Gasteiger partial charge in [-0.15, -0.1) is 0 Å². The molecule has 0 heterocycles. The van der Waals surface area contributed by atoms with Crippen LogP contribution in [0, 0.1) is 7.43 Å². The van der Waals surface area contributed by atoms with Crippen molar-refractivity contribution in [3.63, 3.8) is 0 Å². The molecule has 0 aliphatic carbocycles. The van der Waals surface area contributed by atoms with E-state index in [1.165, 1.54) is 0 Å². The van der Waals surface area contributed by atoms with Gasteiger partial charge in [-0.3, -0.25) is 0 Å².